The van der Waals surface area contributed by atoms with Crippen molar-refractivity contribution in [2.75, 3.05) is 13.2 Å². The lowest BCUT2D eigenvalue weighted by molar-refractivity contribution is -0.254. The number of fused-ring (bicyclic) bond motifs is 1. The second-order valence-electron chi connectivity index (χ2n) is 5.39. The van der Waals surface area contributed by atoms with Gasteiger partial charge >= 0.3 is 0 Å². The second-order valence-corrected chi connectivity index (χ2v) is 5.39. The van der Waals surface area contributed by atoms with Gasteiger partial charge in [0.15, 0.2) is 11.5 Å². The van der Waals surface area contributed by atoms with E-state index < -0.39 is 5.97 Å². The molecule has 1 aromatic heterocycles. The Labute approximate surface area is 145 Å². The van der Waals surface area contributed by atoms with Gasteiger partial charge in [0.1, 0.15) is 0 Å². The molecule has 3 aromatic rings. The number of hydrogen-bond donors (Lipinski definition) is 0. The van der Waals surface area contributed by atoms with E-state index in [0.29, 0.717) is 41.3 Å². The molecule has 128 valence electrons. The molecule has 0 aliphatic carbocycles. The third kappa shape index (κ3) is 3.40. The number of carboxylic acid groups (broad SMARTS) is 1. The molecule has 0 fully saturated rings. The normalized spacial score (nSPS) is 10.6. The summed E-state index contributed by atoms with van der Waals surface area (Å²) in [4.78, 5) is 16.1. The molecule has 0 aliphatic rings. The predicted octanol–water partition coefficient (Wildman–Crippen LogP) is 3.06. The number of hydrogen-bond acceptors (Lipinski definition) is 5. The number of carbonyl (C=O) groups excluding carboxylic acids is 1. The minimum Gasteiger partial charge on any atom is -0.545 e. The monoisotopic (exact) mass is 336 g/mol. The van der Waals surface area contributed by atoms with Gasteiger partial charge in [0.05, 0.1) is 30.4 Å². The molecule has 5 heteroatoms. The number of nitrogens with zero attached hydrogens (tertiary/aromatic N) is 1. The number of aromatic carboxylic acids is 1. The average Bonchev–Trinajstić information content (AvgIpc) is 2.62. The van der Waals surface area contributed by atoms with E-state index in [1.54, 1.807) is 24.3 Å². The highest BCUT2D eigenvalue weighted by Crippen LogP contribution is 2.33. The Morgan fingerprint density at radius 2 is 1.72 bits per heavy atom. The highest BCUT2D eigenvalue weighted by Gasteiger charge is 2.11. The Kier molecular flexibility index (Phi) is 4.84. The molecule has 0 amide bonds. The Morgan fingerprint density at radius 3 is 2.44 bits per heavy atom. The highest BCUT2D eigenvalue weighted by molar-refractivity contribution is 6.02. The fourth-order valence-electron chi connectivity index (χ4n) is 2.70. The van der Waals surface area contributed by atoms with Gasteiger partial charge in [-0.3, -0.25) is 0 Å². The highest BCUT2D eigenvalue weighted by atomic mass is 16.5. The summed E-state index contributed by atoms with van der Waals surface area (Å²) in [6, 6.07) is 14.1. The molecular formula is C20H18NO4-. The number of para-hydroxylation sites is 1. The standard InChI is InChI=1S/C20H19NO4/c1-3-24-18-10-9-13(11-19(18)25-4-2)17-12-15(20(22)23)14-7-5-6-8-16(14)21-17/h5-12H,3-4H2,1-2H3,(H,22,23)/p-1. The largest absolute Gasteiger partial charge is 0.545 e. The molecule has 0 saturated heterocycles. The van der Waals surface area contributed by atoms with Crippen LogP contribution in [0.25, 0.3) is 22.2 Å². The predicted molar refractivity (Wildman–Crippen MR) is 93.8 cm³/mol. The molecule has 1 heterocycles. The van der Waals surface area contributed by atoms with Gasteiger partial charge in [0, 0.05) is 16.5 Å². The maximum Gasteiger partial charge on any atom is 0.161 e. The van der Waals surface area contributed by atoms with Gasteiger partial charge in [-0.15, -0.1) is 0 Å². The Balaban J connectivity index is 2.15. The van der Waals surface area contributed by atoms with Crippen LogP contribution in [0.3, 0.4) is 0 Å². The van der Waals surface area contributed by atoms with Gasteiger partial charge in [0.25, 0.3) is 0 Å². The van der Waals surface area contributed by atoms with Crippen molar-refractivity contribution >= 4 is 16.9 Å². The van der Waals surface area contributed by atoms with Crippen molar-refractivity contribution in [3.8, 4) is 22.8 Å². The number of aromatic nitrogens is 1. The molecule has 0 radical (unpaired) electrons. The van der Waals surface area contributed by atoms with Gasteiger partial charge in [-0.2, -0.15) is 0 Å². The molecule has 0 bridgehead atoms. The molecule has 0 spiro atoms. The van der Waals surface area contributed by atoms with Gasteiger partial charge < -0.3 is 19.4 Å². The molecular weight excluding hydrogens is 318 g/mol. The third-order valence-electron chi connectivity index (χ3n) is 3.78. The molecule has 0 saturated carbocycles. The van der Waals surface area contributed by atoms with Crippen molar-refractivity contribution in [1.82, 2.24) is 4.98 Å². The Bertz CT molecular complexity index is 921. The maximum atomic E-state index is 11.5. The number of rotatable bonds is 6. The molecule has 0 N–H and O–H groups in total. The zero-order valence-electron chi connectivity index (χ0n) is 14.1. The van der Waals surface area contributed by atoms with Gasteiger partial charge in [0.2, 0.25) is 0 Å². The molecule has 3 rings (SSSR count). The van der Waals surface area contributed by atoms with Gasteiger partial charge in [-0.1, -0.05) is 18.2 Å². The molecule has 2 aromatic carbocycles. The molecule has 5 nitrogen and oxygen atoms in total. The first-order valence-electron chi connectivity index (χ1n) is 8.15. The zero-order valence-corrected chi connectivity index (χ0v) is 14.1. The molecule has 0 atom stereocenters. The number of ether oxygens (including phenoxy) is 2. The van der Waals surface area contributed by atoms with E-state index in [-0.39, 0.29) is 5.56 Å². The Morgan fingerprint density at radius 1 is 1.00 bits per heavy atom. The first-order chi connectivity index (χ1) is 12.1. The number of carbonyl (C=O) groups is 1. The smallest absolute Gasteiger partial charge is 0.161 e. The lowest BCUT2D eigenvalue weighted by atomic mass is 10.0. The van der Waals surface area contributed by atoms with Crippen LogP contribution in [0.4, 0.5) is 0 Å². The molecule has 0 aliphatic heterocycles. The van der Waals surface area contributed by atoms with Crippen LogP contribution in [0.15, 0.2) is 48.5 Å². The van der Waals surface area contributed by atoms with Crippen LogP contribution in [-0.2, 0) is 0 Å². The topological polar surface area (TPSA) is 71.5 Å². The lowest BCUT2D eigenvalue weighted by Crippen LogP contribution is -2.22. The van der Waals surface area contributed by atoms with Crippen molar-refractivity contribution < 1.29 is 19.4 Å². The van der Waals surface area contributed by atoms with E-state index in [9.17, 15) is 9.90 Å². The summed E-state index contributed by atoms with van der Waals surface area (Å²) in [5.74, 6) is 0.0247. The van der Waals surface area contributed by atoms with Gasteiger partial charge in [-0.25, -0.2) is 4.98 Å². The average molecular weight is 336 g/mol. The summed E-state index contributed by atoms with van der Waals surface area (Å²) in [5.41, 5.74) is 2.01. The van der Waals surface area contributed by atoms with E-state index in [0.717, 1.165) is 5.56 Å². The van der Waals surface area contributed by atoms with Crippen LogP contribution in [-0.4, -0.2) is 24.2 Å². The van der Waals surface area contributed by atoms with E-state index in [1.807, 2.05) is 32.0 Å². The SMILES string of the molecule is CCOc1ccc(-c2cc(C(=O)[O-])c3ccccc3n2)cc1OCC. The quantitative estimate of drug-likeness (QED) is 0.692. The minimum absolute atomic E-state index is 0.118. The molecule has 0 unspecified atom stereocenters. The number of carboxylic acids is 1. The summed E-state index contributed by atoms with van der Waals surface area (Å²) < 4.78 is 11.2. The summed E-state index contributed by atoms with van der Waals surface area (Å²) in [6.45, 7) is 4.83. The Hall–Kier alpha value is -3.08. The van der Waals surface area contributed by atoms with Crippen molar-refractivity contribution in [3.05, 3.63) is 54.1 Å². The van der Waals surface area contributed by atoms with Crippen LogP contribution < -0.4 is 14.6 Å². The van der Waals surface area contributed by atoms with Crippen molar-refractivity contribution in [2.45, 2.75) is 13.8 Å². The fraction of sp³-hybridized carbons (Fsp3) is 0.200. The van der Waals surface area contributed by atoms with Crippen molar-refractivity contribution in [1.29, 1.82) is 0 Å². The lowest BCUT2D eigenvalue weighted by Gasteiger charge is -2.14. The van der Waals surface area contributed by atoms with Crippen LogP contribution in [0, 0.1) is 0 Å². The summed E-state index contributed by atoms with van der Waals surface area (Å²) >= 11 is 0. The van der Waals surface area contributed by atoms with E-state index in [4.69, 9.17) is 9.47 Å². The fourth-order valence-corrected chi connectivity index (χ4v) is 2.70. The van der Waals surface area contributed by atoms with E-state index in [2.05, 4.69) is 4.98 Å². The van der Waals surface area contributed by atoms with Crippen molar-refractivity contribution in [3.63, 3.8) is 0 Å². The van der Waals surface area contributed by atoms with E-state index >= 15 is 0 Å². The van der Waals surface area contributed by atoms with Crippen LogP contribution >= 0.6 is 0 Å². The van der Waals surface area contributed by atoms with E-state index in [1.165, 1.54) is 6.07 Å². The number of benzene rings is 2. The van der Waals surface area contributed by atoms with Crippen molar-refractivity contribution in [2.24, 2.45) is 0 Å². The first-order valence-corrected chi connectivity index (χ1v) is 8.15. The summed E-state index contributed by atoms with van der Waals surface area (Å²) in [5, 5.41) is 12.1. The van der Waals surface area contributed by atoms with Crippen LogP contribution in [0.2, 0.25) is 0 Å². The molecule has 25 heavy (non-hydrogen) atoms. The number of pyridine rings is 1. The maximum absolute atomic E-state index is 11.5. The summed E-state index contributed by atoms with van der Waals surface area (Å²) in [6.07, 6.45) is 0. The second kappa shape index (κ2) is 7.21. The zero-order chi connectivity index (χ0) is 17.8. The first kappa shape index (κ1) is 16.8. The van der Waals surface area contributed by atoms with Crippen LogP contribution in [0.5, 0.6) is 11.5 Å². The minimum atomic E-state index is -1.23. The summed E-state index contributed by atoms with van der Waals surface area (Å²) in [7, 11) is 0. The van der Waals surface area contributed by atoms with Crippen LogP contribution in [0.1, 0.15) is 24.2 Å². The van der Waals surface area contributed by atoms with Gasteiger partial charge in [-0.05, 0) is 44.2 Å². The third-order valence-corrected chi connectivity index (χ3v) is 3.78.